The number of nitrogens with zero attached hydrogens (tertiary/aromatic N) is 2. The summed E-state index contributed by atoms with van der Waals surface area (Å²) in [6.45, 7) is 4.38. The van der Waals surface area contributed by atoms with Gasteiger partial charge in [-0.15, -0.1) is 0 Å². The van der Waals surface area contributed by atoms with Crippen molar-refractivity contribution < 1.29 is 5.21 Å². The molecule has 0 aliphatic carbocycles. The molecule has 1 aromatic carbocycles. The molecular formula is C14H20ClN3O. The van der Waals surface area contributed by atoms with E-state index in [1.165, 1.54) is 19.3 Å². The first kappa shape index (κ1) is 14.0. The fraction of sp³-hybridized carbons (Fsp3) is 0.500. The van der Waals surface area contributed by atoms with Gasteiger partial charge in [-0.1, -0.05) is 30.1 Å². The molecule has 4 nitrogen and oxygen atoms in total. The second kappa shape index (κ2) is 6.15. The van der Waals surface area contributed by atoms with Gasteiger partial charge in [0, 0.05) is 24.3 Å². The maximum Gasteiger partial charge on any atom is 0.171 e. The molecule has 0 bridgehead atoms. The largest absolute Gasteiger partial charge is 0.409 e. The third-order valence-electron chi connectivity index (χ3n) is 3.80. The van der Waals surface area contributed by atoms with E-state index >= 15 is 0 Å². The van der Waals surface area contributed by atoms with Crippen molar-refractivity contribution in [2.75, 3.05) is 18.0 Å². The molecule has 1 fully saturated rings. The molecule has 1 aliphatic heterocycles. The Kier molecular flexibility index (Phi) is 4.53. The Labute approximate surface area is 118 Å². The molecule has 0 aromatic heterocycles. The van der Waals surface area contributed by atoms with E-state index in [0.29, 0.717) is 10.6 Å². The average molecular weight is 282 g/mol. The summed E-state index contributed by atoms with van der Waals surface area (Å²) in [5.41, 5.74) is 7.24. The van der Waals surface area contributed by atoms with Gasteiger partial charge in [-0.3, -0.25) is 0 Å². The van der Waals surface area contributed by atoms with Crippen LogP contribution in [0.4, 0.5) is 5.69 Å². The summed E-state index contributed by atoms with van der Waals surface area (Å²) in [5.74, 6) is 0.804. The van der Waals surface area contributed by atoms with Crippen LogP contribution in [0.15, 0.2) is 23.4 Å². The molecule has 1 unspecified atom stereocenters. The molecule has 0 radical (unpaired) electrons. The van der Waals surface area contributed by atoms with E-state index in [1.54, 1.807) is 0 Å². The highest BCUT2D eigenvalue weighted by Gasteiger charge is 2.19. The van der Waals surface area contributed by atoms with Gasteiger partial charge in [0.2, 0.25) is 0 Å². The summed E-state index contributed by atoms with van der Waals surface area (Å²) in [6.07, 6.45) is 3.74. The Hall–Kier alpha value is -1.42. The smallest absolute Gasteiger partial charge is 0.171 e. The van der Waals surface area contributed by atoms with E-state index in [1.807, 2.05) is 18.2 Å². The lowest BCUT2D eigenvalue weighted by Crippen LogP contribution is -2.35. The molecule has 19 heavy (non-hydrogen) atoms. The third-order valence-corrected chi connectivity index (χ3v) is 4.11. The molecule has 0 saturated carbocycles. The molecule has 2 rings (SSSR count). The van der Waals surface area contributed by atoms with Gasteiger partial charge < -0.3 is 15.8 Å². The van der Waals surface area contributed by atoms with E-state index in [0.717, 1.165) is 24.7 Å². The Bertz CT molecular complexity index is 476. The quantitative estimate of drug-likeness (QED) is 0.387. The van der Waals surface area contributed by atoms with Gasteiger partial charge in [0.25, 0.3) is 0 Å². The number of hydrogen-bond donors (Lipinski definition) is 2. The molecule has 0 spiro atoms. The van der Waals surface area contributed by atoms with E-state index in [2.05, 4.69) is 17.0 Å². The lowest BCUT2D eigenvalue weighted by molar-refractivity contribution is 0.318. The highest BCUT2D eigenvalue weighted by atomic mass is 35.5. The van der Waals surface area contributed by atoms with Crippen molar-refractivity contribution >= 4 is 23.1 Å². The second-order valence-electron chi connectivity index (χ2n) is 5.01. The predicted molar refractivity (Wildman–Crippen MR) is 79.2 cm³/mol. The monoisotopic (exact) mass is 281 g/mol. The summed E-state index contributed by atoms with van der Waals surface area (Å²) in [4.78, 5) is 2.36. The van der Waals surface area contributed by atoms with E-state index in [4.69, 9.17) is 22.5 Å². The van der Waals surface area contributed by atoms with Crippen LogP contribution in [0.3, 0.4) is 0 Å². The Morgan fingerprint density at radius 2 is 2.37 bits per heavy atom. The van der Waals surface area contributed by atoms with Crippen LogP contribution in [-0.2, 0) is 0 Å². The van der Waals surface area contributed by atoms with Crippen LogP contribution in [0, 0.1) is 5.92 Å². The van der Waals surface area contributed by atoms with Crippen LogP contribution in [0.1, 0.15) is 31.7 Å². The Balaban J connectivity index is 2.20. The standard InChI is InChI=1S/C14H20ClN3O/c1-2-10-4-3-7-18(9-10)11-5-6-12(13(15)8-11)14(16)17-19/h5-6,8,10,19H,2-4,7,9H2,1H3,(H2,16,17). The first-order chi connectivity index (χ1) is 9.15. The molecule has 1 atom stereocenters. The van der Waals surface area contributed by atoms with Crippen LogP contribution in [-0.4, -0.2) is 24.1 Å². The van der Waals surface area contributed by atoms with Crippen LogP contribution >= 0.6 is 11.6 Å². The van der Waals surface area contributed by atoms with Gasteiger partial charge in [-0.25, -0.2) is 0 Å². The first-order valence-corrected chi connectivity index (χ1v) is 7.06. The molecule has 0 amide bonds. The molecule has 1 aromatic rings. The maximum absolute atomic E-state index is 8.69. The van der Waals surface area contributed by atoms with Gasteiger partial charge >= 0.3 is 0 Å². The zero-order chi connectivity index (χ0) is 13.8. The normalized spacial score (nSPS) is 20.6. The number of piperidine rings is 1. The van der Waals surface area contributed by atoms with Gasteiger partial charge in [0.15, 0.2) is 5.84 Å². The molecule has 3 N–H and O–H groups in total. The average Bonchev–Trinajstić information content (AvgIpc) is 2.46. The lowest BCUT2D eigenvalue weighted by atomic mass is 9.95. The molecule has 1 saturated heterocycles. The fourth-order valence-corrected chi connectivity index (χ4v) is 2.87. The second-order valence-corrected chi connectivity index (χ2v) is 5.42. The van der Waals surface area contributed by atoms with Crippen LogP contribution in [0.2, 0.25) is 5.02 Å². The maximum atomic E-state index is 8.69. The third kappa shape index (κ3) is 3.13. The van der Waals surface area contributed by atoms with Crippen molar-refractivity contribution in [3.05, 3.63) is 28.8 Å². The molecule has 1 aliphatic rings. The Morgan fingerprint density at radius 3 is 3.00 bits per heavy atom. The minimum absolute atomic E-state index is 0.0432. The van der Waals surface area contributed by atoms with Gasteiger partial charge in [0.05, 0.1) is 5.02 Å². The number of nitrogens with two attached hydrogens (primary N) is 1. The first-order valence-electron chi connectivity index (χ1n) is 6.68. The van der Waals surface area contributed by atoms with Crippen molar-refractivity contribution in [2.45, 2.75) is 26.2 Å². The minimum atomic E-state index is 0.0432. The van der Waals surface area contributed by atoms with Crippen molar-refractivity contribution in [1.82, 2.24) is 0 Å². The number of rotatable bonds is 3. The van der Waals surface area contributed by atoms with Crippen molar-refractivity contribution in [3.8, 4) is 0 Å². The summed E-state index contributed by atoms with van der Waals surface area (Å²) in [7, 11) is 0. The minimum Gasteiger partial charge on any atom is -0.409 e. The number of hydrogen-bond acceptors (Lipinski definition) is 3. The van der Waals surface area contributed by atoms with E-state index in [9.17, 15) is 0 Å². The highest BCUT2D eigenvalue weighted by molar-refractivity contribution is 6.34. The Morgan fingerprint density at radius 1 is 1.58 bits per heavy atom. The van der Waals surface area contributed by atoms with Crippen molar-refractivity contribution in [2.24, 2.45) is 16.8 Å². The number of amidine groups is 1. The zero-order valence-corrected chi connectivity index (χ0v) is 11.9. The molecule has 104 valence electrons. The number of oxime groups is 1. The summed E-state index contributed by atoms with van der Waals surface area (Å²) < 4.78 is 0. The summed E-state index contributed by atoms with van der Waals surface area (Å²) >= 11 is 6.19. The van der Waals surface area contributed by atoms with Gasteiger partial charge in [-0.2, -0.15) is 0 Å². The highest BCUT2D eigenvalue weighted by Crippen LogP contribution is 2.28. The molecule has 1 heterocycles. The lowest BCUT2D eigenvalue weighted by Gasteiger charge is -2.34. The topological polar surface area (TPSA) is 61.8 Å². The zero-order valence-electron chi connectivity index (χ0n) is 11.1. The number of anilines is 1. The summed E-state index contributed by atoms with van der Waals surface area (Å²) in [6, 6.07) is 5.69. The van der Waals surface area contributed by atoms with Crippen LogP contribution in [0.5, 0.6) is 0 Å². The van der Waals surface area contributed by atoms with Crippen molar-refractivity contribution in [3.63, 3.8) is 0 Å². The van der Waals surface area contributed by atoms with Crippen LogP contribution < -0.4 is 10.6 Å². The van der Waals surface area contributed by atoms with Gasteiger partial charge in [-0.05, 0) is 37.0 Å². The number of halogens is 1. The number of benzene rings is 1. The molecule has 5 heteroatoms. The molecular weight excluding hydrogens is 262 g/mol. The predicted octanol–water partition coefficient (Wildman–Crippen LogP) is 3.06. The van der Waals surface area contributed by atoms with Gasteiger partial charge in [0.1, 0.15) is 0 Å². The SMILES string of the molecule is CCC1CCCN(c2ccc(C(N)=NO)c(Cl)c2)C1. The van der Waals surface area contributed by atoms with E-state index < -0.39 is 0 Å². The van der Waals surface area contributed by atoms with Crippen molar-refractivity contribution in [1.29, 1.82) is 0 Å². The van der Waals surface area contributed by atoms with E-state index in [-0.39, 0.29) is 5.84 Å². The fourth-order valence-electron chi connectivity index (χ4n) is 2.60. The summed E-state index contributed by atoms with van der Waals surface area (Å²) in [5, 5.41) is 12.2. The van der Waals surface area contributed by atoms with Crippen LogP contribution in [0.25, 0.3) is 0 Å².